The number of nitrogens with one attached hydrogen (secondary N) is 1. The van der Waals surface area contributed by atoms with Crippen LogP contribution in [0.1, 0.15) is 5.56 Å². The highest BCUT2D eigenvalue weighted by Gasteiger charge is 2.31. The Bertz CT molecular complexity index is 1130. The topological polar surface area (TPSA) is 61.4 Å². The van der Waals surface area contributed by atoms with Gasteiger partial charge in [0.2, 0.25) is 0 Å². The second-order valence-electron chi connectivity index (χ2n) is 7.38. The van der Waals surface area contributed by atoms with Crippen molar-refractivity contribution in [3.63, 3.8) is 0 Å². The Hall–Kier alpha value is -3.40. The van der Waals surface area contributed by atoms with Crippen molar-refractivity contribution in [2.45, 2.75) is 6.18 Å². The first-order valence-corrected chi connectivity index (χ1v) is 10.4. The molecule has 0 atom stereocenters. The summed E-state index contributed by atoms with van der Waals surface area (Å²) in [6.07, 6.45) is -4.54. The molecule has 11 heteroatoms. The zero-order valence-electron chi connectivity index (χ0n) is 17.1. The predicted octanol–water partition coefficient (Wildman–Crippen LogP) is 5.31. The number of halogens is 5. The summed E-state index contributed by atoms with van der Waals surface area (Å²) in [4.78, 5) is 16.0. The Balaban J connectivity index is 1.36. The third-order valence-electron chi connectivity index (χ3n) is 5.22. The summed E-state index contributed by atoms with van der Waals surface area (Å²) < 4.78 is 51.9. The smallest absolute Gasteiger partial charge is 0.352 e. The fourth-order valence-electron chi connectivity index (χ4n) is 3.40. The maximum atomic E-state index is 13.1. The number of aromatic nitrogens is 2. The molecule has 2 amide bonds. The number of carbonyl (C=O) groups excluding carboxylic acids is 1. The highest BCUT2D eigenvalue weighted by Crippen LogP contribution is 2.34. The van der Waals surface area contributed by atoms with Crippen LogP contribution in [0, 0.1) is 5.82 Å². The van der Waals surface area contributed by atoms with E-state index in [0.29, 0.717) is 37.7 Å². The normalized spacial score (nSPS) is 14.3. The van der Waals surface area contributed by atoms with E-state index in [2.05, 4.69) is 15.5 Å². The van der Waals surface area contributed by atoms with Gasteiger partial charge < -0.3 is 15.1 Å². The van der Waals surface area contributed by atoms with Gasteiger partial charge in [0, 0.05) is 31.7 Å². The molecule has 172 valence electrons. The molecule has 1 aromatic heterocycles. The van der Waals surface area contributed by atoms with Gasteiger partial charge in [-0.2, -0.15) is 13.2 Å². The van der Waals surface area contributed by atoms with Crippen molar-refractivity contribution in [2.75, 3.05) is 36.4 Å². The molecule has 0 saturated carbocycles. The van der Waals surface area contributed by atoms with Crippen molar-refractivity contribution >= 4 is 29.1 Å². The summed E-state index contributed by atoms with van der Waals surface area (Å²) in [6, 6.07) is 11.8. The molecule has 6 nitrogen and oxygen atoms in total. The highest BCUT2D eigenvalue weighted by molar-refractivity contribution is 6.33. The Labute approximate surface area is 191 Å². The van der Waals surface area contributed by atoms with Gasteiger partial charge in [0.05, 0.1) is 22.0 Å². The van der Waals surface area contributed by atoms with Crippen LogP contribution in [0.15, 0.2) is 54.6 Å². The van der Waals surface area contributed by atoms with Crippen LogP contribution < -0.4 is 10.2 Å². The number of carbonyl (C=O) groups is 1. The maximum absolute atomic E-state index is 13.1. The van der Waals surface area contributed by atoms with E-state index < -0.39 is 17.8 Å². The average molecular weight is 480 g/mol. The molecule has 4 rings (SSSR count). The van der Waals surface area contributed by atoms with Gasteiger partial charge in [-0.3, -0.25) is 0 Å². The second-order valence-corrected chi connectivity index (χ2v) is 7.79. The fourth-order valence-corrected chi connectivity index (χ4v) is 3.56. The van der Waals surface area contributed by atoms with Crippen LogP contribution in [0.4, 0.5) is 33.9 Å². The molecule has 0 spiro atoms. The van der Waals surface area contributed by atoms with Gasteiger partial charge in [-0.1, -0.05) is 11.6 Å². The molecule has 33 heavy (non-hydrogen) atoms. The number of anilines is 2. The summed E-state index contributed by atoms with van der Waals surface area (Å²) >= 11 is 5.95. The van der Waals surface area contributed by atoms with Crippen LogP contribution in [-0.4, -0.2) is 47.3 Å². The van der Waals surface area contributed by atoms with Crippen LogP contribution in [0.2, 0.25) is 5.02 Å². The summed E-state index contributed by atoms with van der Waals surface area (Å²) in [6.45, 7) is 1.61. The molecule has 2 aromatic carbocycles. The minimum absolute atomic E-state index is 0.0199. The summed E-state index contributed by atoms with van der Waals surface area (Å²) in [7, 11) is 0. The van der Waals surface area contributed by atoms with Gasteiger partial charge in [-0.05, 0) is 54.6 Å². The van der Waals surface area contributed by atoms with Crippen LogP contribution in [0.3, 0.4) is 0 Å². The van der Waals surface area contributed by atoms with Gasteiger partial charge in [0.25, 0.3) is 0 Å². The third kappa shape index (κ3) is 5.33. The fraction of sp³-hybridized carbons (Fsp3) is 0.227. The molecule has 0 radical (unpaired) electrons. The van der Waals surface area contributed by atoms with Crippen molar-refractivity contribution in [1.29, 1.82) is 0 Å². The average Bonchev–Trinajstić information content (AvgIpc) is 2.80. The zero-order valence-corrected chi connectivity index (χ0v) is 17.9. The first-order valence-electron chi connectivity index (χ1n) is 9.98. The predicted molar refractivity (Wildman–Crippen MR) is 117 cm³/mol. The number of rotatable bonds is 3. The molecule has 1 saturated heterocycles. The van der Waals surface area contributed by atoms with Gasteiger partial charge in [-0.15, -0.1) is 10.2 Å². The van der Waals surface area contributed by atoms with E-state index in [4.69, 9.17) is 11.6 Å². The van der Waals surface area contributed by atoms with Gasteiger partial charge in [0.15, 0.2) is 5.82 Å². The minimum atomic E-state index is -4.54. The van der Waals surface area contributed by atoms with E-state index in [-0.39, 0.29) is 16.5 Å². The number of urea groups is 1. The SMILES string of the molecule is O=C(Nc1cc(C(F)(F)F)ccc1Cl)N1CCN(c2ccc(-c3ccc(F)cc3)nn2)CC1. The summed E-state index contributed by atoms with van der Waals surface area (Å²) in [5.41, 5.74) is 0.357. The van der Waals surface area contributed by atoms with E-state index in [0.717, 1.165) is 23.8 Å². The van der Waals surface area contributed by atoms with Crippen LogP contribution in [0.25, 0.3) is 11.3 Å². The van der Waals surface area contributed by atoms with Crippen molar-refractivity contribution in [1.82, 2.24) is 15.1 Å². The molecule has 0 aliphatic carbocycles. The lowest BCUT2D eigenvalue weighted by Gasteiger charge is -2.35. The van der Waals surface area contributed by atoms with Crippen molar-refractivity contribution in [3.8, 4) is 11.3 Å². The molecule has 1 aliphatic heterocycles. The number of hydrogen-bond donors (Lipinski definition) is 1. The van der Waals surface area contributed by atoms with Crippen molar-refractivity contribution < 1.29 is 22.4 Å². The number of hydrogen-bond acceptors (Lipinski definition) is 4. The van der Waals surface area contributed by atoms with E-state index in [1.165, 1.54) is 17.0 Å². The monoisotopic (exact) mass is 479 g/mol. The van der Waals surface area contributed by atoms with Crippen LogP contribution in [0.5, 0.6) is 0 Å². The largest absolute Gasteiger partial charge is 0.416 e. The standard InChI is InChI=1S/C22H18ClF4N5O/c23-17-6-3-15(22(25,26)27)13-19(17)28-21(33)32-11-9-31(10-12-32)20-8-7-18(29-30-20)14-1-4-16(24)5-2-14/h1-8,13H,9-12H2,(H,28,33). The van der Waals surface area contributed by atoms with Gasteiger partial charge in [-0.25, -0.2) is 9.18 Å². The van der Waals surface area contributed by atoms with Crippen LogP contribution >= 0.6 is 11.6 Å². The molecule has 2 heterocycles. The lowest BCUT2D eigenvalue weighted by molar-refractivity contribution is -0.137. The molecule has 0 bridgehead atoms. The minimum Gasteiger partial charge on any atom is -0.352 e. The number of amides is 2. The van der Waals surface area contributed by atoms with E-state index in [9.17, 15) is 22.4 Å². The summed E-state index contributed by atoms with van der Waals surface area (Å²) in [5, 5.41) is 10.9. The van der Waals surface area contributed by atoms with E-state index in [1.807, 2.05) is 4.90 Å². The quantitative estimate of drug-likeness (QED) is 0.517. The van der Waals surface area contributed by atoms with Gasteiger partial charge in [0.1, 0.15) is 5.82 Å². The molecule has 3 aromatic rings. The molecular formula is C22H18ClF4N5O. The number of piperazine rings is 1. The molecule has 1 N–H and O–H groups in total. The lowest BCUT2D eigenvalue weighted by atomic mass is 10.1. The lowest BCUT2D eigenvalue weighted by Crippen LogP contribution is -2.50. The zero-order chi connectivity index (χ0) is 23.6. The van der Waals surface area contributed by atoms with E-state index in [1.54, 1.807) is 24.3 Å². The molecule has 1 fully saturated rings. The van der Waals surface area contributed by atoms with Crippen molar-refractivity contribution in [2.24, 2.45) is 0 Å². The highest BCUT2D eigenvalue weighted by atomic mass is 35.5. The first-order chi connectivity index (χ1) is 15.7. The molecular weight excluding hydrogens is 462 g/mol. The Morgan fingerprint density at radius 3 is 2.24 bits per heavy atom. The molecule has 1 aliphatic rings. The second kappa shape index (κ2) is 9.22. The maximum Gasteiger partial charge on any atom is 0.416 e. The third-order valence-corrected chi connectivity index (χ3v) is 5.55. The van der Waals surface area contributed by atoms with E-state index >= 15 is 0 Å². The summed E-state index contributed by atoms with van der Waals surface area (Å²) in [5.74, 6) is 0.294. The Morgan fingerprint density at radius 1 is 0.939 bits per heavy atom. The Kier molecular flexibility index (Phi) is 6.37. The first kappa shape index (κ1) is 22.8. The number of alkyl halides is 3. The number of nitrogens with zero attached hydrogens (tertiary/aromatic N) is 4. The molecule has 0 unspecified atom stereocenters. The number of benzene rings is 2. The van der Waals surface area contributed by atoms with Crippen molar-refractivity contribution in [3.05, 3.63) is 71.0 Å². The Morgan fingerprint density at radius 2 is 1.64 bits per heavy atom. The van der Waals surface area contributed by atoms with Crippen LogP contribution in [-0.2, 0) is 6.18 Å². The van der Waals surface area contributed by atoms with Gasteiger partial charge >= 0.3 is 12.2 Å².